The van der Waals surface area contributed by atoms with Gasteiger partial charge in [0.25, 0.3) is 0 Å². The third-order valence-electron chi connectivity index (χ3n) is 2.04. The first-order chi connectivity index (χ1) is 6.55. The maximum absolute atomic E-state index is 5.64. The van der Waals surface area contributed by atoms with E-state index in [1.54, 1.807) is 0 Å². The number of benzene rings is 1. The molecule has 0 bridgehead atoms. The maximum atomic E-state index is 5.64. The summed E-state index contributed by atoms with van der Waals surface area (Å²) in [6.45, 7) is 7.23. The molecule has 0 fully saturated rings. The minimum atomic E-state index is 0.132. The zero-order valence-electron chi connectivity index (χ0n) is 9.08. The van der Waals surface area contributed by atoms with E-state index in [1.807, 2.05) is 18.2 Å². The molecular weight excluding hydrogens is 192 g/mol. The molecule has 0 aliphatic heterocycles. The van der Waals surface area contributed by atoms with Crippen LogP contribution in [0.25, 0.3) is 0 Å². The summed E-state index contributed by atoms with van der Waals surface area (Å²) < 4.78 is 5.64. The van der Waals surface area contributed by atoms with Gasteiger partial charge in [-0.25, -0.2) is 0 Å². The Morgan fingerprint density at radius 3 is 2.43 bits per heavy atom. The second-order valence-corrected chi connectivity index (χ2v) is 4.77. The monoisotopic (exact) mass is 210 g/mol. The van der Waals surface area contributed by atoms with Gasteiger partial charge in [0.15, 0.2) is 0 Å². The highest BCUT2D eigenvalue weighted by atomic mass is 32.1. The van der Waals surface area contributed by atoms with Crippen LogP contribution >= 0.6 is 12.6 Å². The first-order valence-corrected chi connectivity index (χ1v) is 5.52. The fraction of sp³-hybridized carbons (Fsp3) is 0.500. The van der Waals surface area contributed by atoms with Gasteiger partial charge in [0, 0.05) is 5.75 Å². The van der Waals surface area contributed by atoms with Crippen LogP contribution in [-0.4, -0.2) is 12.4 Å². The largest absolute Gasteiger partial charge is 0.492 e. The Kier molecular flexibility index (Phi) is 3.87. The predicted octanol–water partition coefficient (Wildman–Crippen LogP) is 3.29. The summed E-state index contributed by atoms with van der Waals surface area (Å²) >= 11 is 4.13. The second-order valence-electron chi connectivity index (χ2n) is 4.32. The lowest BCUT2D eigenvalue weighted by atomic mass is 9.86. The summed E-state index contributed by atoms with van der Waals surface area (Å²) in [5.41, 5.74) is 1.38. The van der Waals surface area contributed by atoms with E-state index >= 15 is 0 Å². The number of ether oxygens (including phenoxy) is 1. The Labute approximate surface area is 91.9 Å². The number of para-hydroxylation sites is 1. The van der Waals surface area contributed by atoms with Crippen molar-refractivity contribution >= 4 is 12.6 Å². The SMILES string of the molecule is CC(C)(C)c1ccccc1OCCS. The van der Waals surface area contributed by atoms with Crippen LogP contribution < -0.4 is 4.74 Å². The minimum absolute atomic E-state index is 0.132. The van der Waals surface area contributed by atoms with Gasteiger partial charge in [-0.15, -0.1) is 0 Å². The molecule has 0 atom stereocenters. The Morgan fingerprint density at radius 2 is 1.86 bits per heavy atom. The molecule has 0 radical (unpaired) electrons. The number of hydrogen-bond acceptors (Lipinski definition) is 2. The molecule has 14 heavy (non-hydrogen) atoms. The molecule has 0 saturated carbocycles. The zero-order valence-corrected chi connectivity index (χ0v) is 9.97. The Balaban J connectivity index is 2.92. The van der Waals surface area contributed by atoms with E-state index in [4.69, 9.17) is 4.74 Å². The van der Waals surface area contributed by atoms with Crippen molar-refractivity contribution in [1.29, 1.82) is 0 Å². The molecule has 0 aliphatic rings. The fourth-order valence-electron chi connectivity index (χ4n) is 1.37. The van der Waals surface area contributed by atoms with Crippen LogP contribution in [0.1, 0.15) is 26.3 Å². The molecule has 0 aliphatic carbocycles. The summed E-state index contributed by atoms with van der Waals surface area (Å²) in [5.74, 6) is 1.73. The summed E-state index contributed by atoms with van der Waals surface area (Å²) in [6, 6.07) is 8.19. The van der Waals surface area contributed by atoms with Gasteiger partial charge in [-0.3, -0.25) is 0 Å². The van der Waals surface area contributed by atoms with Gasteiger partial charge >= 0.3 is 0 Å². The van der Waals surface area contributed by atoms with E-state index in [0.717, 1.165) is 11.5 Å². The highest BCUT2D eigenvalue weighted by Gasteiger charge is 2.17. The molecule has 1 aromatic rings. The van der Waals surface area contributed by atoms with Crippen molar-refractivity contribution in [1.82, 2.24) is 0 Å². The average Bonchev–Trinajstić information content (AvgIpc) is 2.14. The van der Waals surface area contributed by atoms with Gasteiger partial charge in [-0.2, -0.15) is 12.6 Å². The number of rotatable bonds is 3. The van der Waals surface area contributed by atoms with E-state index in [0.29, 0.717) is 6.61 Å². The molecule has 1 rings (SSSR count). The Bertz CT molecular complexity index is 289. The van der Waals surface area contributed by atoms with Crippen molar-refractivity contribution in [2.45, 2.75) is 26.2 Å². The normalized spacial score (nSPS) is 11.4. The first kappa shape index (κ1) is 11.4. The van der Waals surface area contributed by atoms with Crippen molar-refractivity contribution < 1.29 is 4.74 Å². The van der Waals surface area contributed by atoms with Gasteiger partial charge in [-0.05, 0) is 17.0 Å². The van der Waals surface area contributed by atoms with E-state index < -0.39 is 0 Å². The Morgan fingerprint density at radius 1 is 1.21 bits per heavy atom. The van der Waals surface area contributed by atoms with Gasteiger partial charge in [-0.1, -0.05) is 39.0 Å². The molecule has 2 heteroatoms. The minimum Gasteiger partial charge on any atom is -0.492 e. The van der Waals surface area contributed by atoms with Gasteiger partial charge in [0.2, 0.25) is 0 Å². The molecule has 78 valence electrons. The van der Waals surface area contributed by atoms with Crippen LogP contribution in [0, 0.1) is 0 Å². The summed E-state index contributed by atoms with van der Waals surface area (Å²) in [5, 5.41) is 0. The van der Waals surface area contributed by atoms with Gasteiger partial charge in [0.1, 0.15) is 5.75 Å². The first-order valence-electron chi connectivity index (χ1n) is 4.89. The molecule has 0 unspecified atom stereocenters. The van der Waals surface area contributed by atoms with Crippen LogP contribution in [0.5, 0.6) is 5.75 Å². The highest BCUT2D eigenvalue weighted by molar-refractivity contribution is 7.80. The average molecular weight is 210 g/mol. The molecule has 0 aromatic heterocycles. The third-order valence-corrected chi connectivity index (χ3v) is 2.23. The molecule has 0 amide bonds. The molecule has 1 aromatic carbocycles. The van der Waals surface area contributed by atoms with Crippen molar-refractivity contribution in [3.63, 3.8) is 0 Å². The van der Waals surface area contributed by atoms with Gasteiger partial charge in [0.05, 0.1) is 6.61 Å². The summed E-state index contributed by atoms with van der Waals surface area (Å²) in [4.78, 5) is 0. The van der Waals surface area contributed by atoms with E-state index in [1.165, 1.54) is 5.56 Å². The lowest BCUT2D eigenvalue weighted by molar-refractivity contribution is 0.333. The standard InChI is InChI=1S/C12H18OS/c1-12(2,3)10-6-4-5-7-11(10)13-8-9-14/h4-7,14H,8-9H2,1-3H3. The van der Waals surface area contributed by atoms with Crippen LogP contribution in [0.3, 0.4) is 0 Å². The molecule has 0 spiro atoms. The number of thiol groups is 1. The van der Waals surface area contributed by atoms with E-state index in [2.05, 4.69) is 39.5 Å². The third kappa shape index (κ3) is 2.95. The van der Waals surface area contributed by atoms with Gasteiger partial charge < -0.3 is 4.74 Å². The molecule has 0 heterocycles. The van der Waals surface area contributed by atoms with Crippen molar-refractivity contribution in [3.05, 3.63) is 29.8 Å². The topological polar surface area (TPSA) is 9.23 Å². The number of hydrogen-bond donors (Lipinski definition) is 1. The smallest absolute Gasteiger partial charge is 0.123 e. The molecule has 1 nitrogen and oxygen atoms in total. The van der Waals surface area contributed by atoms with Crippen LogP contribution in [0.2, 0.25) is 0 Å². The lowest BCUT2D eigenvalue weighted by Gasteiger charge is -2.22. The fourth-order valence-corrected chi connectivity index (χ4v) is 1.46. The van der Waals surface area contributed by atoms with E-state index in [9.17, 15) is 0 Å². The summed E-state index contributed by atoms with van der Waals surface area (Å²) in [6.07, 6.45) is 0. The highest BCUT2D eigenvalue weighted by Crippen LogP contribution is 2.30. The molecule has 0 N–H and O–H groups in total. The molecular formula is C12H18OS. The maximum Gasteiger partial charge on any atom is 0.123 e. The zero-order chi connectivity index (χ0) is 10.6. The van der Waals surface area contributed by atoms with E-state index in [-0.39, 0.29) is 5.41 Å². The van der Waals surface area contributed by atoms with Crippen LogP contribution in [0.4, 0.5) is 0 Å². The van der Waals surface area contributed by atoms with Crippen molar-refractivity contribution in [3.8, 4) is 5.75 Å². The van der Waals surface area contributed by atoms with Crippen molar-refractivity contribution in [2.24, 2.45) is 0 Å². The molecule has 0 saturated heterocycles. The predicted molar refractivity (Wildman–Crippen MR) is 64.5 cm³/mol. The summed E-state index contributed by atoms with van der Waals surface area (Å²) in [7, 11) is 0. The quantitative estimate of drug-likeness (QED) is 0.753. The Hall–Kier alpha value is -0.630. The van der Waals surface area contributed by atoms with Crippen molar-refractivity contribution in [2.75, 3.05) is 12.4 Å². The van der Waals surface area contributed by atoms with Crippen LogP contribution in [-0.2, 0) is 5.41 Å². The lowest BCUT2D eigenvalue weighted by Crippen LogP contribution is -2.13. The second kappa shape index (κ2) is 4.74. The van der Waals surface area contributed by atoms with Crippen LogP contribution in [0.15, 0.2) is 24.3 Å².